The van der Waals surface area contributed by atoms with E-state index < -0.39 is 0 Å². The largest absolute Gasteiger partial charge is 0.342 e. The van der Waals surface area contributed by atoms with Crippen molar-refractivity contribution in [1.29, 1.82) is 0 Å². The van der Waals surface area contributed by atoms with Gasteiger partial charge in [-0.15, -0.1) is 0 Å². The Morgan fingerprint density at radius 2 is 1.17 bits per heavy atom. The van der Waals surface area contributed by atoms with E-state index >= 15 is 0 Å². The van der Waals surface area contributed by atoms with Crippen LogP contribution in [0.3, 0.4) is 0 Å². The van der Waals surface area contributed by atoms with Crippen molar-refractivity contribution >= 4 is 24.1 Å². The summed E-state index contributed by atoms with van der Waals surface area (Å²) in [5, 5.41) is 0. The van der Waals surface area contributed by atoms with Gasteiger partial charge in [0.05, 0.1) is 11.8 Å². The monoisotopic (exact) mass is 336 g/mol. The second-order valence-electron chi connectivity index (χ2n) is 6.75. The van der Waals surface area contributed by atoms with Gasteiger partial charge in [-0.1, -0.05) is 0 Å². The molecule has 4 amide bonds. The van der Waals surface area contributed by atoms with E-state index in [0.29, 0.717) is 58.8 Å². The maximum atomic E-state index is 12.5. The third kappa shape index (κ3) is 3.37. The Morgan fingerprint density at radius 1 is 0.750 bits per heavy atom. The van der Waals surface area contributed by atoms with Gasteiger partial charge in [-0.25, -0.2) is 0 Å². The third-order valence-electron chi connectivity index (χ3n) is 5.24. The molecule has 0 aromatic rings. The molecule has 3 rings (SSSR count). The lowest BCUT2D eigenvalue weighted by atomic mass is 10.2. The molecule has 2 saturated heterocycles. The van der Waals surface area contributed by atoms with Crippen LogP contribution in [0.15, 0.2) is 0 Å². The Hall–Kier alpha value is -2.12. The van der Waals surface area contributed by atoms with Gasteiger partial charge in [-0.2, -0.15) is 0 Å². The van der Waals surface area contributed by atoms with Gasteiger partial charge in [-0.3, -0.25) is 19.2 Å². The number of nitrogens with zero attached hydrogens (tertiary/aromatic N) is 4. The van der Waals surface area contributed by atoms with Gasteiger partial charge in [-0.05, 0) is 6.42 Å². The molecule has 1 aliphatic carbocycles. The van der Waals surface area contributed by atoms with Gasteiger partial charge >= 0.3 is 0 Å². The quantitative estimate of drug-likeness (QED) is 0.595. The van der Waals surface area contributed by atoms with Crippen molar-refractivity contribution in [3.05, 3.63) is 0 Å². The molecule has 0 bridgehead atoms. The topological polar surface area (TPSA) is 81.2 Å². The summed E-state index contributed by atoms with van der Waals surface area (Å²) in [6.45, 7) is 6.00. The highest BCUT2D eigenvalue weighted by Gasteiger charge is 2.51. The molecule has 132 valence electrons. The summed E-state index contributed by atoms with van der Waals surface area (Å²) in [6, 6.07) is 0. The molecule has 24 heavy (non-hydrogen) atoms. The van der Waals surface area contributed by atoms with Crippen molar-refractivity contribution in [3.63, 3.8) is 0 Å². The molecule has 2 aliphatic heterocycles. The normalized spacial score (nSPS) is 27.0. The van der Waals surface area contributed by atoms with E-state index in [1.165, 1.54) is 6.92 Å². The van der Waals surface area contributed by atoms with Crippen molar-refractivity contribution in [2.45, 2.75) is 13.3 Å². The second kappa shape index (κ2) is 6.78. The molecular formula is C16H24N4O4. The van der Waals surface area contributed by atoms with Crippen LogP contribution in [-0.4, -0.2) is 96.1 Å². The molecule has 2 atom stereocenters. The lowest BCUT2D eigenvalue weighted by Gasteiger charge is -2.34. The molecule has 0 spiro atoms. The van der Waals surface area contributed by atoms with Crippen molar-refractivity contribution < 1.29 is 19.2 Å². The molecule has 1 saturated carbocycles. The van der Waals surface area contributed by atoms with Crippen LogP contribution in [-0.2, 0) is 19.2 Å². The predicted octanol–water partition coefficient (Wildman–Crippen LogP) is -1.39. The second-order valence-corrected chi connectivity index (χ2v) is 6.75. The molecule has 3 fully saturated rings. The van der Waals surface area contributed by atoms with Crippen LogP contribution in [0.5, 0.6) is 0 Å². The molecule has 2 heterocycles. The van der Waals surface area contributed by atoms with E-state index in [0.717, 1.165) is 6.41 Å². The number of amides is 4. The molecule has 8 nitrogen and oxygen atoms in total. The summed E-state index contributed by atoms with van der Waals surface area (Å²) < 4.78 is 0. The van der Waals surface area contributed by atoms with Crippen LogP contribution >= 0.6 is 0 Å². The van der Waals surface area contributed by atoms with Gasteiger partial charge in [0, 0.05) is 59.3 Å². The van der Waals surface area contributed by atoms with E-state index in [9.17, 15) is 19.2 Å². The fourth-order valence-corrected chi connectivity index (χ4v) is 3.50. The van der Waals surface area contributed by atoms with Gasteiger partial charge in [0.1, 0.15) is 0 Å². The minimum absolute atomic E-state index is 0.0380. The summed E-state index contributed by atoms with van der Waals surface area (Å²) >= 11 is 0. The standard InChI is InChI=1S/C16H24N4O4/c1-12(22)18-6-8-20(9-7-18)16(24)14-10-13(14)15(23)19-4-2-17(11-21)3-5-19/h11,13-14H,2-10H2,1H3. The molecule has 3 aliphatic rings. The number of rotatable bonds is 3. The Kier molecular flexibility index (Phi) is 4.73. The summed E-state index contributed by atoms with van der Waals surface area (Å²) in [7, 11) is 0. The van der Waals surface area contributed by atoms with Crippen LogP contribution in [0.1, 0.15) is 13.3 Å². The maximum Gasteiger partial charge on any atom is 0.226 e. The number of carbonyl (C=O) groups is 4. The summed E-state index contributed by atoms with van der Waals surface area (Å²) in [6.07, 6.45) is 1.43. The first-order valence-corrected chi connectivity index (χ1v) is 8.53. The summed E-state index contributed by atoms with van der Waals surface area (Å²) in [4.78, 5) is 54.0. The first kappa shape index (κ1) is 16.7. The molecular weight excluding hydrogens is 312 g/mol. The Bertz CT molecular complexity index is 536. The molecule has 0 radical (unpaired) electrons. The van der Waals surface area contributed by atoms with Crippen LogP contribution in [0.4, 0.5) is 0 Å². The highest BCUT2D eigenvalue weighted by molar-refractivity contribution is 5.92. The van der Waals surface area contributed by atoms with E-state index in [1.54, 1.807) is 19.6 Å². The highest BCUT2D eigenvalue weighted by Crippen LogP contribution is 2.41. The molecule has 0 aromatic heterocycles. The minimum atomic E-state index is -0.203. The van der Waals surface area contributed by atoms with E-state index in [1.807, 2.05) is 0 Å². The summed E-state index contributed by atoms with van der Waals surface area (Å²) in [5.74, 6) is -0.281. The Balaban J connectivity index is 1.47. The van der Waals surface area contributed by atoms with Gasteiger partial charge in [0.2, 0.25) is 24.1 Å². The van der Waals surface area contributed by atoms with Crippen LogP contribution in [0, 0.1) is 11.8 Å². The fraction of sp³-hybridized carbons (Fsp3) is 0.750. The van der Waals surface area contributed by atoms with Crippen molar-refractivity contribution in [3.8, 4) is 0 Å². The Labute approximate surface area is 141 Å². The zero-order valence-electron chi connectivity index (χ0n) is 14.0. The SMILES string of the molecule is CC(=O)N1CCN(C(=O)C2CC2C(=O)N2CCN(C=O)CC2)CC1. The molecule has 0 N–H and O–H groups in total. The zero-order chi connectivity index (χ0) is 17.3. The maximum absolute atomic E-state index is 12.5. The molecule has 8 heteroatoms. The van der Waals surface area contributed by atoms with E-state index in [4.69, 9.17) is 0 Å². The number of hydrogen-bond donors (Lipinski definition) is 0. The van der Waals surface area contributed by atoms with Gasteiger partial charge in [0.15, 0.2) is 0 Å². The number of piperazine rings is 2. The third-order valence-corrected chi connectivity index (χ3v) is 5.24. The van der Waals surface area contributed by atoms with Crippen molar-refractivity contribution in [2.75, 3.05) is 52.4 Å². The lowest BCUT2D eigenvalue weighted by molar-refractivity contribution is -0.142. The van der Waals surface area contributed by atoms with Gasteiger partial charge < -0.3 is 19.6 Å². The Morgan fingerprint density at radius 3 is 1.58 bits per heavy atom. The first-order chi connectivity index (χ1) is 11.5. The van der Waals surface area contributed by atoms with Crippen LogP contribution in [0.25, 0.3) is 0 Å². The predicted molar refractivity (Wildman–Crippen MR) is 84.6 cm³/mol. The van der Waals surface area contributed by atoms with Crippen LogP contribution in [0.2, 0.25) is 0 Å². The number of carbonyl (C=O) groups excluding carboxylic acids is 4. The summed E-state index contributed by atoms with van der Waals surface area (Å²) in [5.41, 5.74) is 0. The van der Waals surface area contributed by atoms with Crippen LogP contribution < -0.4 is 0 Å². The fourth-order valence-electron chi connectivity index (χ4n) is 3.50. The first-order valence-electron chi connectivity index (χ1n) is 8.53. The minimum Gasteiger partial charge on any atom is -0.342 e. The van der Waals surface area contributed by atoms with E-state index in [-0.39, 0.29) is 29.6 Å². The average Bonchev–Trinajstić information content (AvgIpc) is 3.41. The van der Waals surface area contributed by atoms with Gasteiger partial charge in [0.25, 0.3) is 0 Å². The average molecular weight is 336 g/mol. The van der Waals surface area contributed by atoms with E-state index in [2.05, 4.69) is 0 Å². The van der Waals surface area contributed by atoms with Crippen molar-refractivity contribution in [2.24, 2.45) is 11.8 Å². The van der Waals surface area contributed by atoms with Crippen molar-refractivity contribution in [1.82, 2.24) is 19.6 Å². The molecule has 0 aromatic carbocycles. The highest BCUT2D eigenvalue weighted by atomic mass is 16.2. The smallest absolute Gasteiger partial charge is 0.226 e. The number of hydrogen-bond acceptors (Lipinski definition) is 4. The zero-order valence-corrected chi connectivity index (χ0v) is 14.0. The lowest BCUT2D eigenvalue weighted by Crippen LogP contribution is -2.51. The molecule has 2 unspecified atom stereocenters.